The second-order valence-electron chi connectivity index (χ2n) is 8.44. The number of imidazole rings is 1. The van der Waals surface area contributed by atoms with Crippen molar-refractivity contribution in [2.45, 2.75) is 38.5 Å². The summed E-state index contributed by atoms with van der Waals surface area (Å²) in [5, 5.41) is 2.97. The normalized spacial score (nSPS) is 17.7. The molecular weight excluding hydrogens is 412 g/mol. The highest BCUT2D eigenvalue weighted by Gasteiger charge is 2.40. The predicted molar refractivity (Wildman–Crippen MR) is 127 cm³/mol. The molecule has 2 heterocycles. The van der Waals surface area contributed by atoms with E-state index in [2.05, 4.69) is 5.32 Å². The Hall–Kier alpha value is -3.93. The Labute approximate surface area is 192 Å². The molecule has 2 amide bonds. The van der Waals surface area contributed by atoms with Gasteiger partial charge in [0, 0.05) is 13.1 Å². The van der Waals surface area contributed by atoms with Crippen molar-refractivity contribution in [3.05, 3.63) is 102 Å². The minimum atomic E-state index is -0.636. The maximum atomic E-state index is 13.8. The van der Waals surface area contributed by atoms with E-state index in [-0.39, 0.29) is 24.3 Å². The van der Waals surface area contributed by atoms with Crippen LogP contribution in [0.25, 0.3) is 11.0 Å². The summed E-state index contributed by atoms with van der Waals surface area (Å²) < 4.78 is 1.96. The van der Waals surface area contributed by atoms with Crippen LogP contribution in [0.3, 0.4) is 0 Å². The van der Waals surface area contributed by atoms with E-state index in [1.165, 1.54) is 0 Å². The molecular formula is C27H26N4O2. The van der Waals surface area contributed by atoms with Gasteiger partial charge in [-0.05, 0) is 30.2 Å². The van der Waals surface area contributed by atoms with Crippen molar-refractivity contribution < 1.29 is 9.59 Å². The van der Waals surface area contributed by atoms with E-state index >= 15 is 0 Å². The zero-order valence-electron chi connectivity index (χ0n) is 18.5. The molecule has 1 aliphatic rings. The maximum Gasteiger partial charge on any atom is 0.247 e. The van der Waals surface area contributed by atoms with Gasteiger partial charge in [-0.1, -0.05) is 72.8 Å². The van der Waals surface area contributed by atoms with Gasteiger partial charge in [-0.2, -0.15) is 0 Å². The molecule has 1 aromatic heterocycles. The molecule has 0 fully saturated rings. The number of fused-ring (bicyclic) bond motifs is 3. The van der Waals surface area contributed by atoms with Gasteiger partial charge in [0.2, 0.25) is 11.8 Å². The minimum absolute atomic E-state index is 0.0585. The third-order valence-corrected chi connectivity index (χ3v) is 6.25. The maximum absolute atomic E-state index is 13.8. The molecule has 6 heteroatoms. The van der Waals surface area contributed by atoms with Crippen LogP contribution in [0.15, 0.2) is 84.9 Å². The topological polar surface area (TPSA) is 67.2 Å². The molecule has 3 aromatic carbocycles. The molecule has 0 radical (unpaired) electrons. The number of benzene rings is 3. The Bertz CT molecular complexity index is 1280. The zero-order chi connectivity index (χ0) is 22.8. The minimum Gasteiger partial charge on any atom is -0.352 e. The van der Waals surface area contributed by atoms with Gasteiger partial charge in [-0.15, -0.1) is 0 Å². The van der Waals surface area contributed by atoms with Crippen LogP contribution in [0, 0.1) is 0 Å². The molecule has 0 spiro atoms. The highest BCUT2D eigenvalue weighted by molar-refractivity contribution is 5.90. The van der Waals surface area contributed by atoms with E-state index < -0.39 is 6.04 Å². The molecule has 0 bridgehead atoms. The van der Waals surface area contributed by atoms with Gasteiger partial charge in [-0.25, -0.2) is 4.98 Å². The number of nitrogens with one attached hydrogen (secondary N) is 1. The Morgan fingerprint density at radius 2 is 1.55 bits per heavy atom. The van der Waals surface area contributed by atoms with Crippen LogP contribution in [0.1, 0.15) is 42.4 Å². The first-order valence-corrected chi connectivity index (χ1v) is 11.2. The Morgan fingerprint density at radius 3 is 2.27 bits per heavy atom. The summed E-state index contributed by atoms with van der Waals surface area (Å²) in [7, 11) is 0. The van der Waals surface area contributed by atoms with Crippen LogP contribution >= 0.6 is 0 Å². The second kappa shape index (κ2) is 8.90. The molecule has 1 aliphatic heterocycles. The molecule has 0 aliphatic carbocycles. The first kappa shape index (κ1) is 20.9. The van der Waals surface area contributed by atoms with Crippen molar-refractivity contribution in [1.82, 2.24) is 19.8 Å². The average Bonchev–Trinajstić information content (AvgIpc) is 3.24. The number of hydrogen-bond acceptors (Lipinski definition) is 3. The molecule has 1 N–H and O–H groups in total. The lowest BCUT2D eigenvalue weighted by molar-refractivity contribution is -0.142. The summed E-state index contributed by atoms with van der Waals surface area (Å²) in [5.41, 5.74) is 3.79. The summed E-state index contributed by atoms with van der Waals surface area (Å²) in [5.74, 6) is 0.597. The first-order chi connectivity index (χ1) is 16.1. The van der Waals surface area contributed by atoms with Crippen LogP contribution in [-0.4, -0.2) is 26.3 Å². The summed E-state index contributed by atoms with van der Waals surface area (Å²) in [6, 6.07) is 26.7. The lowest BCUT2D eigenvalue weighted by Crippen LogP contribution is -2.46. The van der Waals surface area contributed by atoms with Gasteiger partial charge in [0.25, 0.3) is 0 Å². The molecule has 6 nitrogen and oxygen atoms in total. The van der Waals surface area contributed by atoms with Crippen molar-refractivity contribution >= 4 is 22.8 Å². The Morgan fingerprint density at radius 1 is 0.909 bits per heavy atom. The van der Waals surface area contributed by atoms with E-state index in [1.807, 2.05) is 101 Å². The van der Waals surface area contributed by atoms with Gasteiger partial charge in [-0.3, -0.25) is 9.59 Å². The van der Waals surface area contributed by atoms with Crippen LogP contribution in [-0.2, 0) is 22.7 Å². The van der Waals surface area contributed by atoms with Crippen LogP contribution in [0.5, 0.6) is 0 Å². The quantitative estimate of drug-likeness (QED) is 0.486. The summed E-state index contributed by atoms with van der Waals surface area (Å²) in [6.45, 7) is 2.92. The summed E-state index contributed by atoms with van der Waals surface area (Å²) in [4.78, 5) is 33.4. The van der Waals surface area contributed by atoms with Crippen LogP contribution in [0.4, 0.5) is 0 Å². The number of nitrogens with zero attached hydrogens (tertiary/aromatic N) is 3. The second-order valence-corrected chi connectivity index (χ2v) is 8.44. The fourth-order valence-electron chi connectivity index (χ4n) is 4.54. The van der Waals surface area contributed by atoms with Crippen LogP contribution in [0.2, 0.25) is 0 Å². The van der Waals surface area contributed by atoms with Crippen molar-refractivity contribution in [2.24, 2.45) is 0 Å². The average molecular weight is 439 g/mol. The van der Waals surface area contributed by atoms with E-state index in [9.17, 15) is 9.59 Å². The molecule has 0 saturated carbocycles. The largest absolute Gasteiger partial charge is 0.352 e. The third-order valence-electron chi connectivity index (χ3n) is 6.25. The molecule has 2 atom stereocenters. The fraction of sp³-hybridized carbons (Fsp3) is 0.222. The monoisotopic (exact) mass is 438 g/mol. The smallest absolute Gasteiger partial charge is 0.247 e. The molecule has 166 valence electrons. The SMILES string of the molecule is C[C@H]1c2nc3ccccc3n2[C@H](CC(=O)NCc2ccccc2)C(=O)N1Cc1ccccc1. The number of carbonyl (C=O) groups excluding carboxylic acids is 2. The van der Waals surface area contributed by atoms with Gasteiger partial charge in [0.1, 0.15) is 11.9 Å². The molecule has 0 unspecified atom stereocenters. The number of rotatable bonds is 6. The summed E-state index contributed by atoms with van der Waals surface area (Å²) in [6.07, 6.45) is 0.0665. The lowest BCUT2D eigenvalue weighted by Gasteiger charge is -2.38. The fourth-order valence-corrected chi connectivity index (χ4v) is 4.54. The van der Waals surface area contributed by atoms with Gasteiger partial charge in [0.15, 0.2) is 0 Å². The first-order valence-electron chi connectivity index (χ1n) is 11.2. The van der Waals surface area contributed by atoms with E-state index in [0.29, 0.717) is 13.1 Å². The van der Waals surface area contributed by atoms with Gasteiger partial charge in [0.05, 0.1) is 23.5 Å². The van der Waals surface area contributed by atoms with E-state index in [0.717, 1.165) is 28.0 Å². The zero-order valence-corrected chi connectivity index (χ0v) is 18.5. The molecule has 4 aromatic rings. The highest BCUT2D eigenvalue weighted by Crippen LogP contribution is 2.37. The predicted octanol–water partition coefficient (Wildman–Crippen LogP) is 4.39. The Kier molecular flexibility index (Phi) is 5.65. The third kappa shape index (κ3) is 4.12. The highest BCUT2D eigenvalue weighted by atomic mass is 16.2. The summed E-state index contributed by atoms with van der Waals surface area (Å²) >= 11 is 0. The lowest BCUT2D eigenvalue weighted by atomic mass is 10.0. The van der Waals surface area contributed by atoms with Crippen molar-refractivity contribution in [2.75, 3.05) is 0 Å². The number of aromatic nitrogens is 2. The number of hydrogen-bond donors (Lipinski definition) is 1. The number of para-hydroxylation sites is 2. The van der Waals surface area contributed by atoms with E-state index in [4.69, 9.17) is 4.98 Å². The molecule has 33 heavy (non-hydrogen) atoms. The number of carbonyl (C=O) groups is 2. The van der Waals surface area contributed by atoms with Crippen molar-refractivity contribution in [3.8, 4) is 0 Å². The van der Waals surface area contributed by atoms with Crippen molar-refractivity contribution in [1.29, 1.82) is 0 Å². The van der Waals surface area contributed by atoms with Gasteiger partial charge >= 0.3 is 0 Å². The van der Waals surface area contributed by atoms with Crippen molar-refractivity contribution in [3.63, 3.8) is 0 Å². The molecule has 5 rings (SSSR count). The number of amides is 2. The van der Waals surface area contributed by atoms with Crippen LogP contribution < -0.4 is 5.32 Å². The Balaban J connectivity index is 1.46. The standard InChI is InChI=1S/C27H26N4O2/c1-19-26-29-22-14-8-9-15-23(22)31(26)24(16-25(32)28-17-20-10-4-2-5-11-20)27(33)30(19)18-21-12-6-3-7-13-21/h2-15,19,24H,16-18H2,1H3,(H,28,32)/t19-,24+/m0/s1. The molecule has 0 saturated heterocycles. The van der Waals surface area contributed by atoms with E-state index in [1.54, 1.807) is 0 Å². The van der Waals surface area contributed by atoms with Gasteiger partial charge < -0.3 is 14.8 Å².